The predicted molar refractivity (Wildman–Crippen MR) is 72.5 cm³/mol. The van der Waals surface area contributed by atoms with Crippen LogP contribution in [0.2, 0.25) is 0 Å². The van der Waals surface area contributed by atoms with Crippen LogP contribution in [0.25, 0.3) is 0 Å². The van der Waals surface area contributed by atoms with Gasteiger partial charge in [-0.3, -0.25) is 9.59 Å². The summed E-state index contributed by atoms with van der Waals surface area (Å²) in [6.07, 6.45) is -10.3. The van der Waals surface area contributed by atoms with Gasteiger partial charge < -0.3 is 9.47 Å². The maximum absolute atomic E-state index is 13.2. The van der Waals surface area contributed by atoms with Crippen LogP contribution in [-0.2, 0) is 31.4 Å². The lowest BCUT2D eigenvalue weighted by Gasteiger charge is -2.20. The highest BCUT2D eigenvalue weighted by atomic mass is 19.4. The molecule has 0 spiro atoms. The van der Waals surface area contributed by atoms with Crippen molar-refractivity contribution < 1.29 is 45.4 Å². The van der Waals surface area contributed by atoms with Gasteiger partial charge in [-0.2, -0.15) is 26.3 Å². The van der Waals surface area contributed by atoms with Crippen LogP contribution in [0.1, 0.15) is 36.5 Å². The molecule has 0 N–H and O–H groups in total. The Bertz CT molecular complexity index is 618. The molecule has 0 heterocycles. The Labute approximate surface area is 138 Å². The molecule has 0 bridgehead atoms. The second-order valence-electron chi connectivity index (χ2n) is 4.73. The fourth-order valence-corrected chi connectivity index (χ4v) is 2.03. The lowest BCUT2D eigenvalue weighted by Crippen LogP contribution is -2.29. The maximum Gasteiger partial charge on any atom is 0.416 e. The second-order valence-corrected chi connectivity index (χ2v) is 4.73. The number of halogens is 6. The SMILES string of the molecule is CCOC(=O)C(C(=O)OCC)c1ccc(C(F)(F)F)cc1C(F)(F)F. The largest absolute Gasteiger partial charge is 0.465 e. The summed E-state index contributed by atoms with van der Waals surface area (Å²) in [6.45, 7) is 2.24. The first-order chi connectivity index (χ1) is 11.4. The molecule has 25 heavy (non-hydrogen) atoms. The molecule has 0 aliphatic rings. The third-order valence-corrected chi connectivity index (χ3v) is 3.04. The van der Waals surface area contributed by atoms with Gasteiger partial charge in [0.25, 0.3) is 0 Å². The number of carbonyl (C=O) groups is 2. The van der Waals surface area contributed by atoms with E-state index < -0.39 is 46.9 Å². The lowest BCUT2D eigenvalue weighted by molar-refractivity contribution is -0.157. The summed E-state index contributed by atoms with van der Waals surface area (Å²) in [7, 11) is 0. The second kappa shape index (κ2) is 7.75. The molecule has 4 nitrogen and oxygen atoms in total. The third kappa shape index (κ3) is 5.10. The van der Waals surface area contributed by atoms with Gasteiger partial charge in [-0.15, -0.1) is 0 Å². The van der Waals surface area contributed by atoms with Gasteiger partial charge in [-0.25, -0.2) is 0 Å². The molecule has 1 rings (SSSR count). The van der Waals surface area contributed by atoms with Gasteiger partial charge in [0.05, 0.1) is 24.3 Å². The molecule has 0 aromatic heterocycles. The van der Waals surface area contributed by atoms with Crippen molar-refractivity contribution in [3.8, 4) is 0 Å². The monoisotopic (exact) mass is 372 g/mol. The Hall–Kier alpha value is -2.26. The minimum Gasteiger partial charge on any atom is -0.465 e. The molecule has 0 aliphatic carbocycles. The molecule has 0 saturated carbocycles. The van der Waals surface area contributed by atoms with Crippen LogP contribution in [0.3, 0.4) is 0 Å². The summed E-state index contributed by atoms with van der Waals surface area (Å²) >= 11 is 0. The normalized spacial score (nSPS) is 12.2. The summed E-state index contributed by atoms with van der Waals surface area (Å²) < 4.78 is 86.8. The summed E-state index contributed by atoms with van der Waals surface area (Å²) in [6, 6.07) is 0.640. The standard InChI is InChI=1S/C15H14F6O4/c1-3-24-12(22)11(13(23)25-4-2)9-6-5-8(14(16,17)18)7-10(9)15(19,20)21/h5-7,11H,3-4H2,1-2H3. The summed E-state index contributed by atoms with van der Waals surface area (Å²) in [5, 5.41) is 0. The van der Waals surface area contributed by atoms with Crippen molar-refractivity contribution in [1.29, 1.82) is 0 Å². The molecule has 0 amide bonds. The van der Waals surface area contributed by atoms with Crippen molar-refractivity contribution in [2.24, 2.45) is 0 Å². The molecule has 0 atom stereocenters. The van der Waals surface area contributed by atoms with E-state index in [0.717, 1.165) is 0 Å². The van der Waals surface area contributed by atoms with E-state index in [1.165, 1.54) is 13.8 Å². The highest BCUT2D eigenvalue weighted by Crippen LogP contribution is 2.40. The van der Waals surface area contributed by atoms with Gasteiger partial charge in [0.2, 0.25) is 0 Å². The number of hydrogen-bond acceptors (Lipinski definition) is 4. The fraction of sp³-hybridized carbons (Fsp3) is 0.467. The van der Waals surface area contributed by atoms with E-state index in [1.807, 2.05) is 0 Å². The average Bonchev–Trinajstić information content (AvgIpc) is 2.46. The van der Waals surface area contributed by atoms with E-state index in [2.05, 4.69) is 9.47 Å². The summed E-state index contributed by atoms with van der Waals surface area (Å²) in [5.41, 5.74) is -4.28. The van der Waals surface area contributed by atoms with Gasteiger partial charge in [0, 0.05) is 0 Å². The highest BCUT2D eigenvalue weighted by molar-refractivity contribution is 6.01. The van der Waals surface area contributed by atoms with E-state index in [9.17, 15) is 35.9 Å². The molecule has 0 radical (unpaired) electrons. The molecule has 0 fully saturated rings. The van der Waals surface area contributed by atoms with Crippen molar-refractivity contribution >= 4 is 11.9 Å². The molecular weight excluding hydrogens is 358 g/mol. The molecule has 10 heteroatoms. The number of rotatable bonds is 5. The Balaban J connectivity index is 3.57. The molecular formula is C15H14F6O4. The van der Waals surface area contributed by atoms with Crippen molar-refractivity contribution in [3.63, 3.8) is 0 Å². The fourth-order valence-electron chi connectivity index (χ4n) is 2.03. The highest BCUT2D eigenvalue weighted by Gasteiger charge is 2.43. The average molecular weight is 372 g/mol. The number of esters is 2. The van der Waals surface area contributed by atoms with Crippen LogP contribution in [-0.4, -0.2) is 25.2 Å². The summed E-state index contributed by atoms with van der Waals surface area (Å²) in [5.74, 6) is -4.82. The first-order valence-electron chi connectivity index (χ1n) is 7.05. The lowest BCUT2D eigenvalue weighted by atomic mass is 9.92. The molecule has 0 aliphatic heterocycles. The van der Waals surface area contributed by atoms with Gasteiger partial charge >= 0.3 is 24.3 Å². The number of benzene rings is 1. The Morgan fingerprint density at radius 1 is 0.920 bits per heavy atom. The first kappa shape index (κ1) is 20.8. The Morgan fingerprint density at radius 3 is 1.76 bits per heavy atom. The van der Waals surface area contributed by atoms with E-state index >= 15 is 0 Å². The van der Waals surface area contributed by atoms with Crippen LogP contribution in [0, 0.1) is 0 Å². The Morgan fingerprint density at radius 2 is 1.40 bits per heavy atom. The topological polar surface area (TPSA) is 52.6 Å². The van der Waals surface area contributed by atoms with Crippen molar-refractivity contribution in [2.75, 3.05) is 13.2 Å². The number of hydrogen-bond donors (Lipinski definition) is 0. The van der Waals surface area contributed by atoms with E-state index in [0.29, 0.717) is 12.1 Å². The zero-order chi connectivity index (χ0) is 19.4. The molecule has 0 saturated heterocycles. The summed E-state index contributed by atoms with van der Waals surface area (Å²) in [4.78, 5) is 23.8. The molecule has 0 unspecified atom stereocenters. The minimum atomic E-state index is -5.23. The van der Waals surface area contributed by atoms with Crippen LogP contribution < -0.4 is 0 Å². The Kier molecular flexibility index (Phi) is 6.44. The molecule has 140 valence electrons. The number of carbonyl (C=O) groups excluding carboxylic acids is 2. The minimum absolute atomic E-state index is 0.152. The zero-order valence-corrected chi connectivity index (χ0v) is 13.1. The van der Waals surface area contributed by atoms with Crippen LogP contribution in [0.5, 0.6) is 0 Å². The number of ether oxygens (including phenoxy) is 2. The van der Waals surface area contributed by atoms with Gasteiger partial charge in [-0.1, -0.05) is 6.07 Å². The van der Waals surface area contributed by atoms with E-state index in [4.69, 9.17) is 0 Å². The van der Waals surface area contributed by atoms with Crippen molar-refractivity contribution in [3.05, 3.63) is 34.9 Å². The third-order valence-electron chi connectivity index (χ3n) is 3.04. The van der Waals surface area contributed by atoms with E-state index in [1.54, 1.807) is 0 Å². The molecule has 1 aromatic carbocycles. The van der Waals surface area contributed by atoms with Crippen molar-refractivity contribution in [1.82, 2.24) is 0 Å². The van der Waals surface area contributed by atoms with E-state index in [-0.39, 0.29) is 19.3 Å². The van der Waals surface area contributed by atoms with Gasteiger partial charge in [0.1, 0.15) is 0 Å². The van der Waals surface area contributed by atoms with Crippen LogP contribution in [0.15, 0.2) is 18.2 Å². The van der Waals surface area contributed by atoms with Gasteiger partial charge in [-0.05, 0) is 31.5 Å². The smallest absolute Gasteiger partial charge is 0.416 e. The predicted octanol–water partition coefficient (Wildman–Crippen LogP) is 3.93. The zero-order valence-electron chi connectivity index (χ0n) is 13.1. The molecule has 1 aromatic rings. The maximum atomic E-state index is 13.2. The van der Waals surface area contributed by atoms with Crippen LogP contribution >= 0.6 is 0 Å². The quantitative estimate of drug-likeness (QED) is 0.446. The number of alkyl halides is 6. The van der Waals surface area contributed by atoms with Crippen molar-refractivity contribution in [2.45, 2.75) is 32.1 Å². The van der Waals surface area contributed by atoms with Crippen LogP contribution in [0.4, 0.5) is 26.3 Å². The van der Waals surface area contributed by atoms with Gasteiger partial charge in [0.15, 0.2) is 5.92 Å². The first-order valence-corrected chi connectivity index (χ1v) is 7.05.